The third-order valence-corrected chi connectivity index (χ3v) is 12.9. The van der Waals surface area contributed by atoms with Gasteiger partial charge in [0.1, 0.15) is 13.2 Å². The monoisotopic (exact) mass is 915 g/mol. The van der Waals surface area contributed by atoms with Gasteiger partial charge in [-0.25, -0.2) is 0 Å². The van der Waals surface area contributed by atoms with Crippen molar-refractivity contribution >= 4 is 17.9 Å². The van der Waals surface area contributed by atoms with Crippen molar-refractivity contribution in [3.05, 3.63) is 24.3 Å². The molecule has 0 saturated carbocycles. The predicted molar refractivity (Wildman–Crippen MR) is 279 cm³/mol. The largest absolute Gasteiger partial charge is 0.462 e. The second kappa shape index (κ2) is 54.5. The summed E-state index contributed by atoms with van der Waals surface area (Å²) in [4.78, 5) is 38.1. The summed E-state index contributed by atoms with van der Waals surface area (Å²) in [6.07, 6.45) is 63.1. The van der Waals surface area contributed by atoms with Gasteiger partial charge < -0.3 is 14.2 Å². The Morgan fingerprint density at radius 3 is 0.785 bits per heavy atom. The molecule has 0 unspecified atom stereocenters. The quantitative estimate of drug-likeness (QED) is 0.0262. The third kappa shape index (κ3) is 52.7. The van der Waals surface area contributed by atoms with Gasteiger partial charge in [-0.15, -0.1) is 0 Å². The van der Waals surface area contributed by atoms with Gasteiger partial charge in [-0.1, -0.05) is 251 Å². The van der Waals surface area contributed by atoms with E-state index in [-0.39, 0.29) is 31.1 Å². The van der Waals surface area contributed by atoms with E-state index in [4.69, 9.17) is 14.2 Å². The second-order valence-electron chi connectivity index (χ2n) is 19.6. The first-order valence-electron chi connectivity index (χ1n) is 28.8. The Labute approximate surface area is 404 Å². The van der Waals surface area contributed by atoms with E-state index >= 15 is 0 Å². The van der Waals surface area contributed by atoms with Gasteiger partial charge in [0.2, 0.25) is 0 Å². The van der Waals surface area contributed by atoms with Crippen LogP contribution in [-0.4, -0.2) is 37.2 Å². The fourth-order valence-corrected chi connectivity index (χ4v) is 8.55. The van der Waals surface area contributed by atoms with E-state index in [1.165, 1.54) is 212 Å². The Hall–Kier alpha value is -2.11. The molecule has 0 aromatic rings. The maximum atomic E-state index is 12.8. The molecule has 0 aromatic heterocycles. The molecule has 0 fully saturated rings. The van der Waals surface area contributed by atoms with Crippen molar-refractivity contribution < 1.29 is 28.6 Å². The van der Waals surface area contributed by atoms with Gasteiger partial charge in [0.15, 0.2) is 6.10 Å². The summed E-state index contributed by atoms with van der Waals surface area (Å²) in [5, 5.41) is 0. The van der Waals surface area contributed by atoms with Crippen molar-refractivity contribution in [2.75, 3.05) is 13.2 Å². The lowest BCUT2D eigenvalue weighted by Gasteiger charge is -2.18. The highest BCUT2D eigenvalue weighted by Gasteiger charge is 2.19. The fraction of sp³-hybridized carbons (Fsp3) is 0.881. The maximum absolute atomic E-state index is 12.8. The van der Waals surface area contributed by atoms with E-state index in [1.807, 2.05) is 0 Å². The van der Waals surface area contributed by atoms with Gasteiger partial charge in [-0.05, 0) is 70.6 Å². The van der Waals surface area contributed by atoms with Gasteiger partial charge in [0.25, 0.3) is 0 Å². The van der Waals surface area contributed by atoms with Crippen molar-refractivity contribution in [1.29, 1.82) is 0 Å². The third-order valence-electron chi connectivity index (χ3n) is 12.9. The Balaban J connectivity index is 4.31. The first kappa shape index (κ1) is 62.9. The zero-order valence-electron chi connectivity index (χ0n) is 43.8. The number of esters is 3. The predicted octanol–water partition coefficient (Wildman–Crippen LogP) is 19.1. The summed E-state index contributed by atoms with van der Waals surface area (Å²) in [5.41, 5.74) is 0. The lowest BCUT2D eigenvalue weighted by atomic mass is 10.0. The summed E-state index contributed by atoms with van der Waals surface area (Å²) in [5.74, 6) is -0.862. The van der Waals surface area contributed by atoms with E-state index in [2.05, 4.69) is 45.1 Å². The molecule has 6 heteroatoms. The van der Waals surface area contributed by atoms with Crippen molar-refractivity contribution in [3.8, 4) is 0 Å². The summed E-state index contributed by atoms with van der Waals surface area (Å²) in [7, 11) is 0. The van der Waals surface area contributed by atoms with Crippen molar-refractivity contribution in [1.82, 2.24) is 0 Å². The Morgan fingerprint density at radius 2 is 0.508 bits per heavy atom. The first-order valence-corrected chi connectivity index (χ1v) is 28.8. The molecule has 0 rings (SSSR count). The number of allylic oxidation sites excluding steroid dienone is 4. The van der Waals surface area contributed by atoms with Crippen molar-refractivity contribution in [3.63, 3.8) is 0 Å². The molecule has 382 valence electrons. The van der Waals surface area contributed by atoms with Crippen LogP contribution >= 0.6 is 0 Å². The van der Waals surface area contributed by atoms with Crippen molar-refractivity contribution in [2.24, 2.45) is 0 Å². The Bertz CT molecular complexity index is 1050. The molecular formula is C59H110O6. The van der Waals surface area contributed by atoms with Crippen LogP contribution in [0.4, 0.5) is 0 Å². The molecule has 0 bridgehead atoms. The molecule has 0 aliphatic carbocycles. The number of hydrogen-bond donors (Lipinski definition) is 0. The standard InChI is InChI=1S/C59H110O6/c1-4-7-10-13-16-19-22-25-27-28-29-30-32-34-37-40-43-46-49-52-58(61)64-55-56(54-63-57(60)51-48-45-42-39-36-33-24-21-18-15-12-9-6-3)65-59(62)53-50-47-44-41-38-35-31-26-23-20-17-14-11-8-5-2/h21,24-25,27,56H,4-20,22-23,26,28-55H2,1-3H3/b24-21-,27-25-/t56-/m0/s1. The van der Waals surface area contributed by atoms with E-state index in [9.17, 15) is 14.4 Å². The number of carbonyl (C=O) groups is 3. The first-order chi connectivity index (χ1) is 32.0. The number of ether oxygens (including phenoxy) is 3. The molecule has 0 amide bonds. The minimum absolute atomic E-state index is 0.0706. The zero-order chi connectivity index (χ0) is 47.2. The number of rotatable bonds is 53. The SMILES string of the molecule is CCCCCC/C=C\CCCCCCCC(=O)OC[C@@H](COC(=O)CCCCCCCCCCC/C=C\CCCCCCCC)OC(=O)CCCCCCCCCCCCCCCCC. The van der Waals surface area contributed by atoms with E-state index in [0.717, 1.165) is 64.2 Å². The van der Waals surface area contributed by atoms with Gasteiger partial charge in [-0.3, -0.25) is 14.4 Å². The average molecular weight is 916 g/mol. The lowest BCUT2D eigenvalue weighted by Crippen LogP contribution is -2.30. The highest BCUT2D eigenvalue weighted by atomic mass is 16.6. The van der Waals surface area contributed by atoms with Crippen LogP contribution < -0.4 is 0 Å². The molecule has 1 atom stereocenters. The molecule has 6 nitrogen and oxygen atoms in total. The summed E-state index contributed by atoms with van der Waals surface area (Å²) in [6, 6.07) is 0. The molecule has 0 heterocycles. The van der Waals surface area contributed by atoms with Gasteiger partial charge in [-0.2, -0.15) is 0 Å². The van der Waals surface area contributed by atoms with Gasteiger partial charge in [0, 0.05) is 19.3 Å². The normalized spacial score (nSPS) is 12.1. The molecule has 0 aliphatic heterocycles. The molecule has 0 aromatic carbocycles. The van der Waals surface area contributed by atoms with Crippen LogP contribution in [0.5, 0.6) is 0 Å². The van der Waals surface area contributed by atoms with E-state index in [1.54, 1.807) is 0 Å². The molecule has 0 saturated heterocycles. The maximum Gasteiger partial charge on any atom is 0.306 e. The van der Waals surface area contributed by atoms with Crippen LogP contribution in [0.2, 0.25) is 0 Å². The highest BCUT2D eigenvalue weighted by Crippen LogP contribution is 2.16. The summed E-state index contributed by atoms with van der Waals surface area (Å²) < 4.78 is 16.9. The van der Waals surface area contributed by atoms with Crippen LogP contribution in [0.1, 0.15) is 316 Å². The summed E-state index contributed by atoms with van der Waals surface area (Å²) >= 11 is 0. The van der Waals surface area contributed by atoms with Crippen LogP contribution in [0, 0.1) is 0 Å². The van der Waals surface area contributed by atoms with Crippen LogP contribution in [0.15, 0.2) is 24.3 Å². The van der Waals surface area contributed by atoms with Crippen molar-refractivity contribution in [2.45, 2.75) is 322 Å². The topological polar surface area (TPSA) is 78.9 Å². The Morgan fingerprint density at radius 1 is 0.292 bits per heavy atom. The molecule has 0 N–H and O–H groups in total. The van der Waals surface area contributed by atoms with Gasteiger partial charge >= 0.3 is 17.9 Å². The van der Waals surface area contributed by atoms with Crippen LogP contribution in [0.25, 0.3) is 0 Å². The smallest absolute Gasteiger partial charge is 0.306 e. The lowest BCUT2D eigenvalue weighted by molar-refractivity contribution is -0.167. The minimum Gasteiger partial charge on any atom is -0.462 e. The van der Waals surface area contributed by atoms with E-state index < -0.39 is 6.10 Å². The molecule has 0 spiro atoms. The molecule has 0 radical (unpaired) electrons. The average Bonchev–Trinajstić information content (AvgIpc) is 3.30. The molecular weight excluding hydrogens is 805 g/mol. The van der Waals surface area contributed by atoms with Crippen LogP contribution in [-0.2, 0) is 28.6 Å². The second-order valence-corrected chi connectivity index (χ2v) is 19.6. The number of hydrogen-bond acceptors (Lipinski definition) is 6. The molecule has 65 heavy (non-hydrogen) atoms. The van der Waals surface area contributed by atoms with Crippen LogP contribution in [0.3, 0.4) is 0 Å². The van der Waals surface area contributed by atoms with E-state index in [0.29, 0.717) is 19.3 Å². The highest BCUT2D eigenvalue weighted by molar-refractivity contribution is 5.71. The van der Waals surface area contributed by atoms with Gasteiger partial charge in [0.05, 0.1) is 0 Å². The number of carbonyl (C=O) groups excluding carboxylic acids is 3. The molecule has 0 aliphatic rings. The fourth-order valence-electron chi connectivity index (χ4n) is 8.55. The zero-order valence-corrected chi connectivity index (χ0v) is 43.8. The number of unbranched alkanes of at least 4 members (excludes halogenated alkanes) is 38. The minimum atomic E-state index is -0.771. The Kier molecular flexibility index (Phi) is 52.7. The summed E-state index contributed by atoms with van der Waals surface area (Å²) in [6.45, 7) is 6.66.